The Labute approximate surface area is 127 Å². The standard InChI is InChI=1S/C14H21F3N4O/c1-19(2)10-6-4-5-7-21(9-10)13(22)11-8-12(14(15,16)17)20(3)18-11/h8,10H,4-7,9H2,1-3H3/t10-/m0/s1. The summed E-state index contributed by atoms with van der Waals surface area (Å²) in [6.45, 7) is 1.07. The number of carbonyl (C=O) groups is 1. The molecule has 1 aromatic rings. The van der Waals surface area contributed by atoms with Crippen LogP contribution in [0.2, 0.25) is 0 Å². The molecule has 0 radical (unpaired) electrons. The molecule has 0 bridgehead atoms. The van der Waals surface area contributed by atoms with Gasteiger partial charge in [0, 0.05) is 32.2 Å². The molecule has 0 saturated carbocycles. The van der Waals surface area contributed by atoms with Crippen LogP contribution in [0.4, 0.5) is 13.2 Å². The molecule has 0 aromatic carbocycles. The van der Waals surface area contributed by atoms with Gasteiger partial charge in [-0.1, -0.05) is 6.42 Å². The van der Waals surface area contributed by atoms with E-state index in [4.69, 9.17) is 0 Å². The van der Waals surface area contributed by atoms with Crippen LogP contribution in [-0.4, -0.2) is 58.7 Å². The third-order valence-corrected chi connectivity index (χ3v) is 4.05. The first-order valence-corrected chi connectivity index (χ1v) is 7.27. The van der Waals surface area contributed by atoms with Gasteiger partial charge in [-0.05, 0) is 26.9 Å². The minimum absolute atomic E-state index is 0.144. The van der Waals surface area contributed by atoms with Gasteiger partial charge in [0.05, 0.1) is 0 Å². The molecule has 1 fully saturated rings. The fourth-order valence-corrected chi connectivity index (χ4v) is 2.72. The van der Waals surface area contributed by atoms with Gasteiger partial charge in [-0.2, -0.15) is 18.3 Å². The molecule has 1 aromatic heterocycles. The lowest BCUT2D eigenvalue weighted by Crippen LogP contribution is -2.42. The molecule has 1 saturated heterocycles. The van der Waals surface area contributed by atoms with Crippen molar-refractivity contribution in [2.24, 2.45) is 7.05 Å². The SMILES string of the molecule is CN(C)[C@H]1CCCCN(C(=O)c2cc(C(F)(F)F)n(C)n2)C1. The summed E-state index contributed by atoms with van der Waals surface area (Å²) in [6.07, 6.45) is -1.67. The highest BCUT2D eigenvalue weighted by Gasteiger charge is 2.36. The van der Waals surface area contributed by atoms with Crippen LogP contribution >= 0.6 is 0 Å². The largest absolute Gasteiger partial charge is 0.433 e. The van der Waals surface area contributed by atoms with Crippen LogP contribution in [0.25, 0.3) is 0 Å². The van der Waals surface area contributed by atoms with Crippen LogP contribution in [0.15, 0.2) is 6.07 Å². The summed E-state index contributed by atoms with van der Waals surface area (Å²) in [5.41, 5.74) is -1.05. The molecular formula is C14H21F3N4O. The first kappa shape index (κ1) is 16.8. The molecule has 0 spiro atoms. The number of alkyl halides is 3. The summed E-state index contributed by atoms with van der Waals surface area (Å²) in [5.74, 6) is -0.431. The van der Waals surface area contributed by atoms with Crippen LogP contribution in [0.5, 0.6) is 0 Å². The van der Waals surface area contributed by atoms with Crippen LogP contribution in [0.3, 0.4) is 0 Å². The van der Waals surface area contributed by atoms with E-state index < -0.39 is 17.8 Å². The van der Waals surface area contributed by atoms with Gasteiger partial charge in [0.25, 0.3) is 5.91 Å². The third kappa shape index (κ3) is 3.60. The van der Waals surface area contributed by atoms with Gasteiger partial charge in [0.1, 0.15) is 5.69 Å². The maximum Gasteiger partial charge on any atom is 0.433 e. The molecule has 0 N–H and O–H groups in total. The monoisotopic (exact) mass is 318 g/mol. The van der Waals surface area contributed by atoms with E-state index in [0.29, 0.717) is 17.8 Å². The minimum atomic E-state index is -4.51. The second-order valence-electron chi connectivity index (χ2n) is 5.90. The second kappa shape index (κ2) is 6.28. The fraction of sp³-hybridized carbons (Fsp3) is 0.714. The molecule has 0 unspecified atom stereocenters. The first-order chi connectivity index (χ1) is 10.2. The van der Waals surface area contributed by atoms with Crippen molar-refractivity contribution in [3.8, 4) is 0 Å². The summed E-state index contributed by atoms with van der Waals surface area (Å²) < 4.78 is 39.1. The zero-order valence-corrected chi connectivity index (χ0v) is 13.0. The fourth-order valence-electron chi connectivity index (χ4n) is 2.72. The van der Waals surface area contributed by atoms with E-state index in [1.807, 2.05) is 19.0 Å². The number of hydrogen-bond acceptors (Lipinski definition) is 3. The van der Waals surface area contributed by atoms with Crippen molar-refractivity contribution in [1.82, 2.24) is 19.6 Å². The number of likely N-dealkylation sites (N-methyl/N-ethyl adjacent to an activating group) is 1. The van der Waals surface area contributed by atoms with Gasteiger partial charge in [0.2, 0.25) is 0 Å². The van der Waals surface area contributed by atoms with E-state index in [0.717, 1.165) is 25.3 Å². The summed E-state index contributed by atoms with van der Waals surface area (Å²) in [6, 6.07) is 1.05. The maximum absolute atomic E-state index is 12.8. The molecule has 2 heterocycles. The lowest BCUT2D eigenvalue weighted by molar-refractivity contribution is -0.143. The Morgan fingerprint density at radius 1 is 1.36 bits per heavy atom. The minimum Gasteiger partial charge on any atom is -0.336 e. The topological polar surface area (TPSA) is 41.4 Å². The van der Waals surface area contributed by atoms with Crippen molar-refractivity contribution < 1.29 is 18.0 Å². The van der Waals surface area contributed by atoms with Gasteiger partial charge in [-0.15, -0.1) is 0 Å². The van der Waals surface area contributed by atoms with Crippen LogP contribution in [0.1, 0.15) is 35.4 Å². The number of nitrogens with zero attached hydrogens (tertiary/aromatic N) is 4. The Morgan fingerprint density at radius 3 is 2.59 bits per heavy atom. The Bertz CT molecular complexity index is 539. The van der Waals surface area contributed by atoms with Gasteiger partial charge < -0.3 is 9.80 Å². The van der Waals surface area contributed by atoms with Crippen LogP contribution in [0, 0.1) is 0 Å². The Kier molecular flexibility index (Phi) is 4.79. The second-order valence-corrected chi connectivity index (χ2v) is 5.90. The van der Waals surface area contributed by atoms with Crippen molar-refractivity contribution in [3.63, 3.8) is 0 Å². The van der Waals surface area contributed by atoms with Crippen molar-refractivity contribution in [2.75, 3.05) is 27.2 Å². The molecule has 2 rings (SSSR count). The maximum atomic E-state index is 12.8. The average Bonchev–Trinajstić information content (AvgIpc) is 2.66. The third-order valence-electron chi connectivity index (χ3n) is 4.05. The van der Waals surface area contributed by atoms with Gasteiger partial charge in [-0.25, -0.2) is 0 Å². The summed E-state index contributed by atoms with van der Waals surface area (Å²) >= 11 is 0. The Balaban J connectivity index is 2.20. The summed E-state index contributed by atoms with van der Waals surface area (Å²) in [7, 11) is 5.09. The van der Waals surface area contributed by atoms with Gasteiger partial charge in [-0.3, -0.25) is 9.48 Å². The average molecular weight is 318 g/mol. The van der Waals surface area contributed by atoms with Crippen molar-refractivity contribution in [3.05, 3.63) is 17.5 Å². The lowest BCUT2D eigenvalue weighted by Gasteiger charge is -2.28. The number of amides is 1. The molecule has 1 amide bonds. The van der Waals surface area contributed by atoms with Crippen molar-refractivity contribution in [2.45, 2.75) is 31.5 Å². The Hall–Kier alpha value is -1.57. The number of rotatable bonds is 2. The highest BCUT2D eigenvalue weighted by atomic mass is 19.4. The molecule has 124 valence electrons. The van der Waals surface area contributed by atoms with E-state index in [1.54, 1.807) is 4.90 Å². The van der Waals surface area contributed by atoms with Gasteiger partial charge in [0.15, 0.2) is 5.69 Å². The number of hydrogen-bond donors (Lipinski definition) is 0. The zero-order chi connectivity index (χ0) is 16.5. The predicted molar refractivity (Wildman–Crippen MR) is 75.4 cm³/mol. The molecule has 1 aliphatic rings. The number of aromatic nitrogens is 2. The van der Waals surface area contributed by atoms with E-state index in [1.165, 1.54) is 7.05 Å². The lowest BCUT2D eigenvalue weighted by atomic mass is 10.1. The summed E-state index contributed by atoms with van der Waals surface area (Å²) in [4.78, 5) is 16.1. The smallest absolute Gasteiger partial charge is 0.336 e. The molecule has 1 aliphatic heterocycles. The predicted octanol–water partition coefficient (Wildman–Crippen LogP) is 2.00. The van der Waals surface area contributed by atoms with E-state index in [9.17, 15) is 18.0 Å². The molecule has 22 heavy (non-hydrogen) atoms. The molecule has 8 heteroatoms. The van der Waals surface area contributed by atoms with E-state index in [2.05, 4.69) is 5.10 Å². The van der Waals surface area contributed by atoms with Crippen molar-refractivity contribution in [1.29, 1.82) is 0 Å². The molecule has 5 nitrogen and oxygen atoms in total. The molecule has 0 aliphatic carbocycles. The van der Waals surface area contributed by atoms with Gasteiger partial charge >= 0.3 is 6.18 Å². The Morgan fingerprint density at radius 2 is 2.05 bits per heavy atom. The molecule has 1 atom stereocenters. The molecular weight excluding hydrogens is 297 g/mol. The van der Waals surface area contributed by atoms with E-state index in [-0.39, 0.29) is 11.7 Å². The number of carbonyl (C=O) groups excluding carboxylic acids is 1. The normalized spacial score (nSPS) is 20.3. The number of aryl methyl sites for hydroxylation is 1. The zero-order valence-electron chi connectivity index (χ0n) is 13.0. The first-order valence-electron chi connectivity index (χ1n) is 7.27. The number of halogens is 3. The highest BCUT2D eigenvalue weighted by molar-refractivity contribution is 5.92. The highest BCUT2D eigenvalue weighted by Crippen LogP contribution is 2.29. The van der Waals surface area contributed by atoms with Crippen LogP contribution < -0.4 is 0 Å². The summed E-state index contributed by atoms with van der Waals surface area (Å²) in [5, 5.41) is 3.74. The van der Waals surface area contributed by atoms with Crippen LogP contribution in [-0.2, 0) is 13.2 Å². The quantitative estimate of drug-likeness (QED) is 0.837. The van der Waals surface area contributed by atoms with Crippen molar-refractivity contribution >= 4 is 5.91 Å². The number of likely N-dealkylation sites (tertiary alicyclic amines) is 1. The van der Waals surface area contributed by atoms with E-state index >= 15 is 0 Å².